The van der Waals surface area contributed by atoms with Crippen molar-refractivity contribution in [2.75, 3.05) is 12.3 Å². The second kappa shape index (κ2) is 6.90. The predicted octanol–water partition coefficient (Wildman–Crippen LogP) is 4.08. The van der Waals surface area contributed by atoms with Crippen molar-refractivity contribution in [3.8, 4) is 0 Å². The second-order valence-corrected chi connectivity index (χ2v) is 7.40. The van der Waals surface area contributed by atoms with E-state index in [0.717, 1.165) is 11.8 Å². The summed E-state index contributed by atoms with van der Waals surface area (Å²) in [6, 6.07) is 0.657. The number of hydrogen-bond donors (Lipinski definition) is 1. The van der Waals surface area contributed by atoms with Crippen molar-refractivity contribution in [2.24, 2.45) is 5.41 Å². The second-order valence-electron chi connectivity index (χ2n) is 6.07. The largest absolute Gasteiger partial charge is 0.313 e. The Balaban J connectivity index is 2.31. The summed E-state index contributed by atoms with van der Waals surface area (Å²) in [6.07, 6.45) is 7.28. The first-order chi connectivity index (χ1) is 7.54. The van der Waals surface area contributed by atoms with E-state index < -0.39 is 0 Å². The SMILES string of the molecule is CCNC(CSC1CCCCC1)C(C)(C)C. The molecule has 16 heavy (non-hydrogen) atoms. The third-order valence-electron chi connectivity index (χ3n) is 3.55. The summed E-state index contributed by atoms with van der Waals surface area (Å²) in [4.78, 5) is 0. The molecule has 0 amide bonds. The van der Waals surface area contributed by atoms with Gasteiger partial charge in [0.25, 0.3) is 0 Å². The predicted molar refractivity (Wildman–Crippen MR) is 76.3 cm³/mol. The van der Waals surface area contributed by atoms with Gasteiger partial charge in [0.15, 0.2) is 0 Å². The van der Waals surface area contributed by atoms with Crippen LogP contribution in [0.3, 0.4) is 0 Å². The van der Waals surface area contributed by atoms with E-state index in [-0.39, 0.29) is 0 Å². The lowest BCUT2D eigenvalue weighted by Crippen LogP contribution is -2.42. The molecule has 1 rings (SSSR count). The summed E-state index contributed by atoms with van der Waals surface area (Å²) in [5.74, 6) is 1.28. The third-order valence-corrected chi connectivity index (χ3v) is 5.02. The van der Waals surface area contributed by atoms with Crippen molar-refractivity contribution >= 4 is 11.8 Å². The van der Waals surface area contributed by atoms with Crippen LogP contribution in [0.15, 0.2) is 0 Å². The van der Waals surface area contributed by atoms with Gasteiger partial charge >= 0.3 is 0 Å². The first kappa shape index (κ1) is 14.4. The lowest BCUT2D eigenvalue weighted by Gasteiger charge is -2.33. The van der Waals surface area contributed by atoms with E-state index >= 15 is 0 Å². The summed E-state index contributed by atoms with van der Waals surface area (Å²) < 4.78 is 0. The smallest absolute Gasteiger partial charge is 0.0206 e. The molecule has 0 radical (unpaired) electrons. The first-order valence-corrected chi connectivity index (χ1v) is 7.94. The van der Waals surface area contributed by atoms with E-state index in [2.05, 4.69) is 44.8 Å². The monoisotopic (exact) mass is 243 g/mol. The van der Waals surface area contributed by atoms with E-state index in [0.29, 0.717) is 11.5 Å². The molecule has 0 aromatic carbocycles. The fraction of sp³-hybridized carbons (Fsp3) is 1.00. The Morgan fingerprint density at radius 3 is 2.31 bits per heavy atom. The van der Waals surface area contributed by atoms with Crippen molar-refractivity contribution in [1.82, 2.24) is 5.32 Å². The molecule has 1 aliphatic rings. The molecule has 96 valence electrons. The molecule has 1 fully saturated rings. The number of thioether (sulfide) groups is 1. The van der Waals surface area contributed by atoms with Gasteiger partial charge in [-0.25, -0.2) is 0 Å². The summed E-state index contributed by atoms with van der Waals surface area (Å²) in [5, 5.41) is 4.58. The van der Waals surface area contributed by atoms with Crippen LogP contribution in [0.4, 0.5) is 0 Å². The molecule has 1 nitrogen and oxygen atoms in total. The topological polar surface area (TPSA) is 12.0 Å². The van der Waals surface area contributed by atoms with Crippen LogP contribution in [0.2, 0.25) is 0 Å². The van der Waals surface area contributed by atoms with Gasteiger partial charge in [-0.1, -0.05) is 47.0 Å². The van der Waals surface area contributed by atoms with E-state index in [1.807, 2.05) is 0 Å². The number of rotatable bonds is 5. The minimum atomic E-state index is 0.387. The molecule has 1 atom stereocenters. The van der Waals surface area contributed by atoms with Crippen LogP contribution in [-0.4, -0.2) is 23.6 Å². The Labute approximate surface area is 106 Å². The maximum absolute atomic E-state index is 3.64. The van der Waals surface area contributed by atoms with E-state index in [1.54, 1.807) is 0 Å². The maximum Gasteiger partial charge on any atom is 0.0206 e. The summed E-state index contributed by atoms with van der Waals surface area (Å²) in [7, 11) is 0. The Bertz CT molecular complexity index is 180. The molecule has 2 heteroatoms. The lowest BCUT2D eigenvalue weighted by molar-refractivity contribution is 0.295. The summed E-state index contributed by atoms with van der Waals surface area (Å²) >= 11 is 2.21. The van der Waals surface area contributed by atoms with Crippen LogP contribution in [-0.2, 0) is 0 Å². The van der Waals surface area contributed by atoms with Gasteiger partial charge in [0, 0.05) is 17.0 Å². The van der Waals surface area contributed by atoms with Crippen LogP contribution in [0.25, 0.3) is 0 Å². The Kier molecular flexibility index (Phi) is 6.20. The highest BCUT2D eigenvalue weighted by atomic mass is 32.2. The molecular formula is C14H29NS. The van der Waals surface area contributed by atoms with Gasteiger partial charge in [-0.3, -0.25) is 0 Å². The molecule has 1 saturated carbocycles. The average Bonchev–Trinajstić information content (AvgIpc) is 2.24. The van der Waals surface area contributed by atoms with E-state index in [1.165, 1.54) is 37.9 Å². The van der Waals surface area contributed by atoms with Gasteiger partial charge in [0.1, 0.15) is 0 Å². The normalized spacial score (nSPS) is 21.0. The quantitative estimate of drug-likeness (QED) is 0.781. The van der Waals surface area contributed by atoms with Gasteiger partial charge in [0.05, 0.1) is 0 Å². The lowest BCUT2D eigenvalue weighted by atomic mass is 9.88. The fourth-order valence-electron chi connectivity index (χ4n) is 2.33. The van der Waals surface area contributed by atoms with Gasteiger partial charge in [-0.15, -0.1) is 0 Å². The van der Waals surface area contributed by atoms with Gasteiger partial charge in [-0.2, -0.15) is 11.8 Å². The summed E-state index contributed by atoms with van der Waals surface area (Å²) in [6.45, 7) is 10.3. The molecule has 0 aromatic heterocycles. The van der Waals surface area contributed by atoms with Gasteiger partial charge in [0.2, 0.25) is 0 Å². The van der Waals surface area contributed by atoms with Gasteiger partial charge < -0.3 is 5.32 Å². The highest BCUT2D eigenvalue weighted by Crippen LogP contribution is 2.31. The van der Waals surface area contributed by atoms with E-state index in [4.69, 9.17) is 0 Å². The zero-order chi connectivity index (χ0) is 12.0. The molecule has 0 heterocycles. The van der Waals surface area contributed by atoms with Crippen LogP contribution < -0.4 is 5.32 Å². The maximum atomic E-state index is 3.64. The molecule has 1 N–H and O–H groups in total. The third kappa shape index (κ3) is 5.09. The Morgan fingerprint density at radius 2 is 1.81 bits per heavy atom. The molecule has 0 spiro atoms. The standard InChI is InChI=1S/C14H29NS/c1-5-15-13(14(2,3)4)11-16-12-9-7-6-8-10-12/h12-13,15H,5-11H2,1-4H3. The molecule has 0 saturated heterocycles. The molecule has 0 bridgehead atoms. The van der Waals surface area contributed by atoms with Crippen molar-refractivity contribution in [3.05, 3.63) is 0 Å². The number of hydrogen-bond acceptors (Lipinski definition) is 2. The Morgan fingerprint density at radius 1 is 1.19 bits per heavy atom. The molecule has 0 aromatic rings. The van der Waals surface area contributed by atoms with Crippen LogP contribution in [0.5, 0.6) is 0 Å². The summed E-state index contributed by atoms with van der Waals surface area (Å²) in [5.41, 5.74) is 0.387. The first-order valence-electron chi connectivity index (χ1n) is 6.89. The van der Waals surface area contributed by atoms with Crippen molar-refractivity contribution in [1.29, 1.82) is 0 Å². The number of nitrogens with one attached hydrogen (secondary N) is 1. The highest BCUT2D eigenvalue weighted by Gasteiger charge is 2.25. The van der Waals surface area contributed by atoms with Gasteiger partial charge in [-0.05, 0) is 24.8 Å². The molecule has 0 aliphatic heterocycles. The van der Waals surface area contributed by atoms with Crippen LogP contribution in [0.1, 0.15) is 59.8 Å². The van der Waals surface area contributed by atoms with E-state index in [9.17, 15) is 0 Å². The average molecular weight is 243 g/mol. The fourth-order valence-corrected chi connectivity index (χ4v) is 4.07. The van der Waals surface area contributed by atoms with Crippen molar-refractivity contribution in [3.63, 3.8) is 0 Å². The zero-order valence-electron chi connectivity index (χ0n) is 11.5. The Hall–Kier alpha value is 0.310. The molecule has 1 unspecified atom stereocenters. The van der Waals surface area contributed by atoms with Crippen LogP contribution in [0, 0.1) is 5.41 Å². The molecule has 1 aliphatic carbocycles. The van der Waals surface area contributed by atoms with Crippen molar-refractivity contribution < 1.29 is 0 Å². The highest BCUT2D eigenvalue weighted by molar-refractivity contribution is 7.99. The van der Waals surface area contributed by atoms with Crippen LogP contribution >= 0.6 is 11.8 Å². The van der Waals surface area contributed by atoms with Crippen molar-refractivity contribution in [2.45, 2.75) is 71.1 Å². The zero-order valence-corrected chi connectivity index (χ0v) is 12.3. The minimum absolute atomic E-state index is 0.387. The molecular weight excluding hydrogens is 214 g/mol. The minimum Gasteiger partial charge on any atom is -0.313 e.